The van der Waals surface area contributed by atoms with E-state index in [4.69, 9.17) is 21.7 Å². The molecule has 2 aromatic heterocycles. The van der Waals surface area contributed by atoms with E-state index in [1.54, 1.807) is 13.3 Å². The molecule has 39 heavy (non-hydrogen) atoms. The smallest absolute Gasteiger partial charge is 0.226 e. The quantitative estimate of drug-likeness (QED) is 0.264. The first kappa shape index (κ1) is 26.2. The maximum Gasteiger partial charge on any atom is 0.226 e. The topological polar surface area (TPSA) is 80.7 Å². The van der Waals surface area contributed by atoms with E-state index in [0.29, 0.717) is 29.7 Å². The largest absolute Gasteiger partial charge is 0.495 e. The number of para-hydroxylation sites is 2. The molecule has 1 aliphatic heterocycles. The van der Waals surface area contributed by atoms with E-state index in [1.807, 2.05) is 85.9 Å². The highest BCUT2D eigenvalue weighted by atomic mass is 32.1. The normalized spacial score (nSPS) is 16.6. The summed E-state index contributed by atoms with van der Waals surface area (Å²) in [6.45, 7) is 3.01. The van der Waals surface area contributed by atoms with Crippen LogP contribution in [-0.4, -0.2) is 45.7 Å². The summed E-state index contributed by atoms with van der Waals surface area (Å²) in [5.41, 5.74) is 3.56. The molecule has 0 radical (unpaired) electrons. The first-order chi connectivity index (χ1) is 19.1. The van der Waals surface area contributed by atoms with Gasteiger partial charge >= 0.3 is 0 Å². The second kappa shape index (κ2) is 12.0. The molecule has 1 saturated heterocycles. The van der Waals surface area contributed by atoms with E-state index in [-0.39, 0.29) is 24.4 Å². The molecular formula is C30H31N5O3S. The van der Waals surface area contributed by atoms with E-state index < -0.39 is 0 Å². The Morgan fingerprint density at radius 1 is 1.05 bits per heavy atom. The number of aromatic nitrogens is 2. The number of rotatable bonds is 10. The highest BCUT2D eigenvalue weighted by molar-refractivity contribution is 7.80. The standard InChI is InChI=1S/C30H31N5O3S/c1-3-38-22-15-13-21(14-16-22)34-19-8-11-25(34)29-28(24-10-6-7-18-31-24)33-30(39)35(29)20-17-27(36)32-23-9-4-5-12-26(23)37-2/h4-16,18-19,28-29H,3,17,20H2,1-2H3,(H,32,36)(H,33,39)/t28-,29+/m0/s1. The fourth-order valence-electron chi connectivity index (χ4n) is 4.89. The maximum absolute atomic E-state index is 13.0. The van der Waals surface area contributed by atoms with E-state index in [1.165, 1.54) is 0 Å². The number of carbonyl (C=O) groups excluding carboxylic acids is 1. The summed E-state index contributed by atoms with van der Waals surface area (Å²) in [5, 5.41) is 7.01. The van der Waals surface area contributed by atoms with Gasteiger partial charge in [-0.05, 0) is 79.8 Å². The highest BCUT2D eigenvalue weighted by Gasteiger charge is 2.41. The van der Waals surface area contributed by atoms with Gasteiger partial charge in [-0.25, -0.2) is 0 Å². The Morgan fingerprint density at radius 2 is 1.85 bits per heavy atom. The molecule has 0 aliphatic carbocycles. The lowest BCUT2D eigenvalue weighted by atomic mass is 10.0. The molecule has 1 aliphatic rings. The molecule has 8 nitrogen and oxygen atoms in total. The minimum absolute atomic E-state index is 0.121. The zero-order valence-electron chi connectivity index (χ0n) is 21.9. The van der Waals surface area contributed by atoms with Gasteiger partial charge in [0.05, 0.1) is 37.2 Å². The van der Waals surface area contributed by atoms with Crippen LogP contribution in [0.3, 0.4) is 0 Å². The van der Waals surface area contributed by atoms with Crippen molar-refractivity contribution in [3.05, 3.63) is 103 Å². The van der Waals surface area contributed by atoms with Crippen molar-refractivity contribution < 1.29 is 14.3 Å². The molecule has 0 spiro atoms. The average Bonchev–Trinajstić information content (AvgIpc) is 3.57. The zero-order valence-corrected chi connectivity index (χ0v) is 22.7. The summed E-state index contributed by atoms with van der Waals surface area (Å²) in [6.07, 6.45) is 4.06. The number of thiocarbonyl (C=S) groups is 1. The molecule has 0 bridgehead atoms. The lowest BCUT2D eigenvalue weighted by Gasteiger charge is -2.29. The van der Waals surface area contributed by atoms with E-state index in [0.717, 1.165) is 22.8 Å². The minimum Gasteiger partial charge on any atom is -0.495 e. The van der Waals surface area contributed by atoms with Gasteiger partial charge in [0.15, 0.2) is 5.11 Å². The summed E-state index contributed by atoms with van der Waals surface area (Å²) >= 11 is 5.81. The predicted molar refractivity (Wildman–Crippen MR) is 155 cm³/mol. The number of anilines is 1. The Balaban J connectivity index is 1.42. The van der Waals surface area contributed by atoms with E-state index in [9.17, 15) is 4.79 Å². The number of methoxy groups -OCH3 is 1. The van der Waals surface area contributed by atoms with E-state index in [2.05, 4.69) is 31.2 Å². The van der Waals surface area contributed by atoms with Gasteiger partial charge in [-0.3, -0.25) is 9.78 Å². The van der Waals surface area contributed by atoms with Gasteiger partial charge in [0.1, 0.15) is 11.5 Å². The summed E-state index contributed by atoms with van der Waals surface area (Å²) in [7, 11) is 1.58. The maximum atomic E-state index is 13.0. The van der Waals surface area contributed by atoms with Gasteiger partial charge in [0.2, 0.25) is 5.91 Å². The van der Waals surface area contributed by atoms with Crippen molar-refractivity contribution >= 4 is 28.9 Å². The average molecular weight is 542 g/mol. The van der Waals surface area contributed by atoms with Crippen molar-refractivity contribution in [3.8, 4) is 17.2 Å². The number of nitrogens with one attached hydrogen (secondary N) is 2. The molecule has 0 unspecified atom stereocenters. The number of carbonyl (C=O) groups is 1. The van der Waals surface area contributed by atoms with Crippen LogP contribution in [0.2, 0.25) is 0 Å². The molecule has 2 aromatic carbocycles. The van der Waals surface area contributed by atoms with Gasteiger partial charge in [-0.1, -0.05) is 18.2 Å². The fourth-order valence-corrected chi connectivity index (χ4v) is 5.22. The number of ether oxygens (including phenoxy) is 2. The Kier molecular flexibility index (Phi) is 8.07. The van der Waals surface area contributed by atoms with Crippen molar-refractivity contribution in [3.63, 3.8) is 0 Å². The molecule has 1 amide bonds. The molecule has 0 saturated carbocycles. The van der Waals surface area contributed by atoms with Gasteiger partial charge in [0, 0.05) is 36.7 Å². The van der Waals surface area contributed by atoms with Crippen LogP contribution in [0.15, 0.2) is 91.3 Å². The summed E-state index contributed by atoms with van der Waals surface area (Å²) in [5.74, 6) is 1.32. The van der Waals surface area contributed by atoms with Crippen molar-refractivity contribution in [1.29, 1.82) is 0 Å². The van der Waals surface area contributed by atoms with Crippen LogP contribution in [0.1, 0.15) is 36.8 Å². The lowest BCUT2D eigenvalue weighted by molar-refractivity contribution is -0.116. The van der Waals surface area contributed by atoms with Crippen molar-refractivity contribution in [2.24, 2.45) is 0 Å². The fraction of sp³-hybridized carbons (Fsp3) is 0.233. The number of amides is 1. The third kappa shape index (κ3) is 5.73. The Bertz CT molecular complexity index is 1420. The first-order valence-corrected chi connectivity index (χ1v) is 13.3. The van der Waals surface area contributed by atoms with Crippen LogP contribution in [0.4, 0.5) is 5.69 Å². The molecule has 9 heteroatoms. The van der Waals surface area contributed by atoms with Crippen LogP contribution in [-0.2, 0) is 4.79 Å². The molecule has 2 atom stereocenters. The van der Waals surface area contributed by atoms with Crippen molar-refractivity contribution in [2.45, 2.75) is 25.4 Å². The Morgan fingerprint density at radius 3 is 2.59 bits per heavy atom. The predicted octanol–water partition coefficient (Wildman–Crippen LogP) is 5.28. The summed E-state index contributed by atoms with van der Waals surface area (Å²) < 4.78 is 13.1. The van der Waals surface area contributed by atoms with Crippen LogP contribution in [0, 0.1) is 0 Å². The third-order valence-electron chi connectivity index (χ3n) is 6.67. The second-order valence-corrected chi connectivity index (χ2v) is 9.44. The molecule has 4 aromatic rings. The molecule has 5 rings (SSSR count). The van der Waals surface area contributed by atoms with Gasteiger partial charge in [-0.2, -0.15) is 0 Å². The Labute approximate surface area is 233 Å². The monoisotopic (exact) mass is 541 g/mol. The van der Waals surface area contributed by atoms with Crippen LogP contribution >= 0.6 is 12.2 Å². The number of pyridine rings is 1. The summed E-state index contributed by atoms with van der Waals surface area (Å²) in [4.78, 5) is 19.7. The molecule has 2 N–H and O–H groups in total. The third-order valence-corrected chi connectivity index (χ3v) is 7.02. The molecular weight excluding hydrogens is 510 g/mol. The molecule has 200 valence electrons. The Hall–Kier alpha value is -4.37. The first-order valence-electron chi connectivity index (χ1n) is 12.9. The van der Waals surface area contributed by atoms with Gasteiger partial charge < -0.3 is 29.6 Å². The molecule has 1 fully saturated rings. The zero-order chi connectivity index (χ0) is 27.2. The van der Waals surface area contributed by atoms with Crippen LogP contribution in [0.25, 0.3) is 5.69 Å². The number of benzene rings is 2. The highest BCUT2D eigenvalue weighted by Crippen LogP contribution is 2.39. The molecule has 3 heterocycles. The second-order valence-electron chi connectivity index (χ2n) is 9.05. The lowest BCUT2D eigenvalue weighted by Crippen LogP contribution is -2.33. The SMILES string of the molecule is CCOc1ccc(-n2cccc2[C@@H]2[C@H](c3ccccn3)NC(=S)N2CCC(=O)Nc2ccccc2OC)cc1. The summed E-state index contributed by atoms with van der Waals surface area (Å²) in [6, 6.07) is 25.0. The van der Waals surface area contributed by atoms with Crippen molar-refractivity contribution in [2.75, 3.05) is 25.6 Å². The van der Waals surface area contributed by atoms with Gasteiger partial charge in [-0.15, -0.1) is 0 Å². The minimum atomic E-state index is -0.188. The van der Waals surface area contributed by atoms with Gasteiger partial charge in [0.25, 0.3) is 0 Å². The number of hydrogen-bond acceptors (Lipinski definition) is 5. The van der Waals surface area contributed by atoms with E-state index >= 15 is 0 Å². The number of hydrogen-bond donors (Lipinski definition) is 2. The number of nitrogens with zero attached hydrogens (tertiary/aromatic N) is 3. The van der Waals surface area contributed by atoms with Crippen LogP contribution in [0.5, 0.6) is 11.5 Å². The van der Waals surface area contributed by atoms with Crippen molar-refractivity contribution in [1.82, 2.24) is 19.8 Å². The van der Waals surface area contributed by atoms with Crippen LogP contribution < -0.4 is 20.1 Å².